The molecule has 2 fully saturated rings. The maximum atomic E-state index is 13.5. The highest BCUT2D eigenvalue weighted by molar-refractivity contribution is 6.18. The second-order valence-electron chi connectivity index (χ2n) is 13.6. The highest BCUT2D eigenvalue weighted by Crippen LogP contribution is 2.66. The van der Waals surface area contributed by atoms with Crippen LogP contribution in [0.5, 0.6) is 0 Å². The second-order valence-corrected chi connectivity index (χ2v) is 14.3. The summed E-state index contributed by atoms with van der Waals surface area (Å²) in [6.07, 6.45) is 8.78. The fraction of sp³-hybridized carbons (Fsp3) is 0.629. The van der Waals surface area contributed by atoms with Crippen LogP contribution in [0.3, 0.4) is 0 Å². The summed E-state index contributed by atoms with van der Waals surface area (Å²) in [6.45, 7) is 4.98. The summed E-state index contributed by atoms with van der Waals surface area (Å²) in [5.74, 6) is 0.200. The van der Waals surface area contributed by atoms with Gasteiger partial charge in [-0.2, -0.15) is 0 Å². The van der Waals surface area contributed by atoms with Gasteiger partial charge in [-0.15, -0.1) is 23.2 Å². The summed E-state index contributed by atoms with van der Waals surface area (Å²) < 4.78 is 5.39. The summed E-state index contributed by atoms with van der Waals surface area (Å²) in [6, 6.07) is 8.12. The maximum absolute atomic E-state index is 13.5. The van der Waals surface area contributed by atoms with E-state index in [4.69, 9.17) is 27.9 Å². The molecular weight excluding hydrogens is 601 g/mol. The number of aliphatic hydroxyl groups is 2. The van der Waals surface area contributed by atoms with Crippen molar-refractivity contribution in [3.63, 3.8) is 0 Å². The van der Waals surface area contributed by atoms with Gasteiger partial charge in [-0.05, 0) is 74.1 Å². The molecule has 0 heterocycles. The molecule has 1 aromatic carbocycles. The molecule has 0 bridgehead atoms. The highest BCUT2D eigenvalue weighted by atomic mass is 35.5. The van der Waals surface area contributed by atoms with E-state index in [0.717, 1.165) is 23.2 Å². The van der Waals surface area contributed by atoms with E-state index in [1.54, 1.807) is 6.08 Å². The zero-order valence-corrected chi connectivity index (χ0v) is 27.3. The Morgan fingerprint density at radius 1 is 1.11 bits per heavy atom. The lowest BCUT2D eigenvalue weighted by molar-refractivity contribution is -0.179. The number of aliphatic hydroxyl groups excluding tert-OH is 1. The van der Waals surface area contributed by atoms with Crippen molar-refractivity contribution in [1.29, 1.82) is 0 Å². The molecular formula is C35H45Cl2NO6. The van der Waals surface area contributed by atoms with E-state index in [0.29, 0.717) is 50.5 Å². The molecule has 4 aliphatic rings. The summed E-state index contributed by atoms with van der Waals surface area (Å²) in [5.41, 5.74) is 0.304. The number of anilines is 1. The second kappa shape index (κ2) is 13.3. The van der Waals surface area contributed by atoms with Gasteiger partial charge < -0.3 is 19.8 Å². The van der Waals surface area contributed by atoms with Crippen LogP contribution in [0.15, 0.2) is 48.1 Å². The minimum atomic E-state index is -1.67. The van der Waals surface area contributed by atoms with E-state index in [1.807, 2.05) is 37.3 Å². The summed E-state index contributed by atoms with van der Waals surface area (Å²) in [7, 11) is 0. The Morgan fingerprint density at radius 2 is 1.82 bits per heavy atom. The number of hydrogen-bond donors (Lipinski definition) is 2. The topological polar surface area (TPSA) is 104 Å². The van der Waals surface area contributed by atoms with Gasteiger partial charge in [0.25, 0.3) is 0 Å². The Hall–Kier alpha value is -2.19. The number of carbonyl (C=O) groups excluding carboxylic acids is 3. The number of allylic oxidation sites excluding steroid dienone is 4. The number of alkyl halides is 2. The molecule has 240 valence electrons. The molecule has 0 saturated heterocycles. The van der Waals surface area contributed by atoms with Crippen LogP contribution >= 0.6 is 23.2 Å². The van der Waals surface area contributed by atoms with Gasteiger partial charge in [-0.25, -0.2) is 0 Å². The zero-order valence-electron chi connectivity index (χ0n) is 25.8. The first-order valence-corrected chi connectivity index (χ1v) is 17.0. The number of aryl methyl sites for hydroxylation is 1. The van der Waals surface area contributed by atoms with E-state index >= 15 is 0 Å². The van der Waals surface area contributed by atoms with Crippen molar-refractivity contribution in [2.24, 2.45) is 28.6 Å². The van der Waals surface area contributed by atoms with Crippen LogP contribution in [-0.4, -0.2) is 70.9 Å². The number of nitrogens with zero attached hydrogens (tertiary/aromatic N) is 1. The van der Waals surface area contributed by atoms with Crippen molar-refractivity contribution in [2.75, 3.05) is 36.4 Å². The van der Waals surface area contributed by atoms with Gasteiger partial charge in [0, 0.05) is 60.1 Å². The first kappa shape index (κ1) is 33.2. The van der Waals surface area contributed by atoms with Crippen LogP contribution in [0.1, 0.15) is 64.4 Å². The van der Waals surface area contributed by atoms with E-state index < -0.39 is 40.9 Å². The van der Waals surface area contributed by atoms with Crippen molar-refractivity contribution < 1.29 is 29.3 Å². The third kappa shape index (κ3) is 6.02. The number of rotatable bonds is 12. The minimum absolute atomic E-state index is 0.0320. The average molecular weight is 647 g/mol. The molecule has 7 atom stereocenters. The summed E-state index contributed by atoms with van der Waals surface area (Å²) in [4.78, 5) is 40.3. The third-order valence-corrected chi connectivity index (χ3v) is 11.6. The Morgan fingerprint density at radius 3 is 2.50 bits per heavy atom. The summed E-state index contributed by atoms with van der Waals surface area (Å²) in [5, 5.41) is 23.4. The van der Waals surface area contributed by atoms with E-state index in [9.17, 15) is 24.6 Å². The maximum Gasteiger partial charge on any atom is 0.306 e. The van der Waals surface area contributed by atoms with Crippen molar-refractivity contribution in [3.8, 4) is 0 Å². The molecule has 2 saturated carbocycles. The molecule has 0 radical (unpaired) electrons. The van der Waals surface area contributed by atoms with E-state index in [-0.39, 0.29) is 42.8 Å². The first-order valence-electron chi connectivity index (χ1n) is 15.9. The molecule has 4 aliphatic carbocycles. The van der Waals surface area contributed by atoms with Crippen LogP contribution in [0.25, 0.3) is 0 Å². The first-order chi connectivity index (χ1) is 21.0. The van der Waals surface area contributed by atoms with E-state index in [1.165, 1.54) is 0 Å². The van der Waals surface area contributed by atoms with Crippen molar-refractivity contribution in [3.05, 3.63) is 53.6 Å². The largest absolute Gasteiger partial charge is 0.458 e. The zero-order chi connectivity index (χ0) is 31.7. The normalized spacial score (nSPS) is 34.0. The Bertz CT molecular complexity index is 1310. The van der Waals surface area contributed by atoms with Crippen molar-refractivity contribution in [1.82, 2.24) is 0 Å². The Balaban J connectivity index is 1.15. The van der Waals surface area contributed by atoms with Gasteiger partial charge in [0.05, 0.1) is 6.10 Å². The van der Waals surface area contributed by atoms with Crippen LogP contribution in [0, 0.1) is 28.6 Å². The fourth-order valence-electron chi connectivity index (χ4n) is 8.92. The Kier molecular flexibility index (Phi) is 10.0. The lowest BCUT2D eigenvalue weighted by Crippen LogP contribution is -2.61. The van der Waals surface area contributed by atoms with Crippen LogP contribution in [-0.2, 0) is 25.5 Å². The predicted molar refractivity (Wildman–Crippen MR) is 172 cm³/mol. The SMILES string of the molecule is C[C@@]12C=CC(=O)CC1=CC[C@H]1[C@H]2[C@H](O)C[C@]2(C)[C@@H]1CC[C@@]2(O)C(=O)COC(=O)CCCc1ccc(N(CCCl)CCCl)cc1. The number of hydrogen-bond acceptors (Lipinski definition) is 7. The molecule has 0 amide bonds. The molecule has 0 aromatic heterocycles. The minimum Gasteiger partial charge on any atom is -0.458 e. The molecule has 44 heavy (non-hydrogen) atoms. The van der Waals surface area contributed by atoms with Gasteiger partial charge in [-0.1, -0.05) is 43.7 Å². The number of benzene rings is 1. The van der Waals surface area contributed by atoms with Crippen LogP contribution < -0.4 is 4.90 Å². The average Bonchev–Trinajstić information content (AvgIpc) is 3.27. The van der Waals surface area contributed by atoms with Crippen molar-refractivity contribution >= 4 is 46.4 Å². The molecule has 9 heteroatoms. The molecule has 2 N–H and O–H groups in total. The number of carbonyl (C=O) groups is 3. The summed E-state index contributed by atoms with van der Waals surface area (Å²) >= 11 is 11.8. The van der Waals surface area contributed by atoms with E-state index in [2.05, 4.69) is 17.9 Å². The third-order valence-electron chi connectivity index (χ3n) is 11.3. The number of halogens is 2. The molecule has 1 aromatic rings. The monoisotopic (exact) mass is 645 g/mol. The number of ether oxygens (including phenoxy) is 1. The lowest BCUT2D eigenvalue weighted by atomic mass is 9.47. The van der Waals surface area contributed by atoms with Gasteiger partial charge in [0.15, 0.2) is 12.4 Å². The van der Waals surface area contributed by atoms with Crippen LogP contribution in [0.4, 0.5) is 5.69 Å². The molecule has 0 spiro atoms. The number of esters is 1. The lowest BCUT2D eigenvalue weighted by Gasteiger charge is -2.58. The quantitative estimate of drug-likeness (QED) is 0.178. The number of fused-ring (bicyclic) bond motifs is 5. The smallest absolute Gasteiger partial charge is 0.306 e. The Labute approximate surface area is 270 Å². The molecule has 7 nitrogen and oxygen atoms in total. The molecule has 5 rings (SSSR count). The van der Waals surface area contributed by atoms with Crippen molar-refractivity contribution in [2.45, 2.75) is 76.9 Å². The van der Waals surface area contributed by atoms with Crippen LogP contribution in [0.2, 0.25) is 0 Å². The van der Waals surface area contributed by atoms with Gasteiger partial charge in [0.1, 0.15) is 5.60 Å². The predicted octanol–water partition coefficient (Wildman–Crippen LogP) is 5.42. The molecule has 0 aliphatic heterocycles. The standard InChI is InChI=1S/C35H45Cl2NO6/c1-33-14-12-26(39)20-24(33)8-11-27-28-13-15-35(43,34(28,2)21-29(40)32(27)33)30(41)22-44-31(42)5-3-4-23-6-9-25(10-7-23)38(18-16-36)19-17-37/h6-10,12,14,27-29,32,40,43H,3-5,11,13,15-22H2,1-2H3/t27-,28-,29-,32+,33-,34-,35-/m1/s1. The fourth-order valence-corrected chi connectivity index (χ4v) is 9.33. The number of ketones is 2. The van der Waals surface area contributed by atoms with Gasteiger partial charge in [0.2, 0.25) is 5.78 Å². The highest BCUT2D eigenvalue weighted by Gasteiger charge is 2.68. The van der Waals surface area contributed by atoms with Gasteiger partial charge in [-0.3, -0.25) is 14.4 Å². The number of Topliss-reactive ketones (excluding diaryl/α,β-unsaturated/α-hetero) is 1. The van der Waals surface area contributed by atoms with Gasteiger partial charge >= 0.3 is 5.97 Å². The molecule has 0 unspecified atom stereocenters.